The van der Waals surface area contributed by atoms with Crippen molar-refractivity contribution in [2.24, 2.45) is 0 Å². The van der Waals surface area contributed by atoms with Gasteiger partial charge in [0.25, 0.3) is 0 Å². The molecule has 0 aromatic rings. The monoisotopic (exact) mass is 172 g/mol. The Kier molecular flexibility index (Phi) is 6.26. The lowest BCUT2D eigenvalue weighted by atomic mass is 10.1. The van der Waals surface area contributed by atoms with Crippen LogP contribution in [0.1, 0.15) is 6.92 Å². The molecule has 68 valence electrons. The van der Waals surface area contributed by atoms with E-state index < -0.39 is 0 Å². The summed E-state index contributed by atoms with van der Waals surface area (Å²) in [4.78, 5) is 0. The molecule has 0 saturated carbocycles. The molecular formula is C13H16. The second kappa shape index (κ2) is 7.11. The van der Waals surface area contributed by atoms with E-state index in [0.717, 1.165) is 11.1 Å². The largest absolute Gasteiger partial charge is 0.0991 e. The van der Waals surface area contributed by atoms with Crippen LogP contribution in [0.2, 0.25) is 0 Å². The van der Waals surface area contributed by atoms with Gasteiger partial charge >= 0.3 is 0 Å². The van der Waals surface area contributed by atoms with E-state index >= 15 is 0 Å². The molecule has 0 amide bonds. The maximum absolute atomic E-state index is 3.74. The number of rotatable bonds is 5. The van der Waals surface area contributed by atoms with Crippen molar-refractivity contribution in [2.45, 2.75) is 6.92 Å². The Morgan fingerprint density at radius 1 is 0.923 bits per heavy atom. The first-order chi connectivity index (χ1) is 6.29. The first-order valence-corrected chi connectivity index (χ1v) is 4.21. The molecule has 0 unspecified atom stereocenters. The maximum Gasteiger partial charge on any atom is -0.0190 e. The van der Waals surface area contributed by atoms with Gasteiger partial charge < -0.3 is 0 Å². The van der Waals surface area contributed by atoms with E-state index in [4.69, 9.17) is 0 Å². The summed E-state index contributed by atoms with van der Waals surface area (Å²) in [6.45, 7) is 13.1. The van der Waals surface area contributed by atoms with Crippen molar-refractivity contribution in [1.29, 1.82) is 0 Å². The zero-order valence-electron chi connectivity index (χ0n) is 8.16. The molecule has 0 heterocycles. The minimum atomic E-state index is 1.05. The van der Waals surface area contributed by atoms with Crippen molar-refractivity contribution in [3.63, 3.8) is 0 Å². The summed E-state index contributed by atoms with van der Waals surface area (Å²) in [6, 6.07) is 0. The van der Waals surface area contributed by atoms with E-state index in [9.17, 15) is 0 Å². The zero-order chi connectivity index (χ0) is 10.1. The summed E-state index contributed by atoms with van der Waals surface area (Å²) in [7, 11) is 0. The Balaban J connectivity index is 5.03. The average molecular weight is 172 g/mol. The molecule has 0 aromatic carbocycles. The molecule has 0 rings (SSSR count). The highest BCUT2D eigenvalue weighted by Gasteiger charge is 1.90. The smallest absolute Gasteiger partial charge is 0.0190 e. The Morgan fingerprint density at radius 2 is 1.46 bits per heavy atom. The van der Waals surface area contributed by atoms with Crippen LogP contribution in [-0.4, -0.2) is 0 Å². The highest BCUT2D eigenvalue weighted by atomic mass is 14.0. The number of allylic oxidation sites excluding steroid dienone is 9. The third kappa shape index (κ3) is 4.12. The first kappa shape index (κ1) is 11.4. The molecule has 0 saturated heterocycles. The third-order valence-electron chi connectivity index (χ3n) is 1.53. The quantitative estimate of drug-likeness (QED) is 0.550. The van der Waals surface area contributed by atoms with E-state index in [2.05, 4.69) is 19.7 Å². The van der Waals surface area contributed by atoms with Crippen molar-refractivity contribution < 1.29 is 0 Å². The molecule has 0 aliphatic heterocycles. The van der Waals surface area contributed by atoms with Gasteiger partial charge in [-0.05, 0) is 18.1 Å². The van der Waals surface area contributed by atoms with Crippen LogP contribution in [0.5, 0.6) is 0 Å². The highest BCUT2D eigenvalue weighted by molar-refractivity contribution is 5.45. The molecular weight excluding hydrogens is 156 g/mol. The fraction of sp³-hybridized carbons (Fsp3) is 0.0769. The third-order valence-corrected chi connectivity index (χ3v) is 1.53. The highest BCUT2D eigenvalue weighted by Crippen LogP contribution is 2.10. The van der Waals surface area contributed by atoms with Crippen LogP contribution >= 0.6 is 0 Å². The van der Waals surface area contributed by atoms with Crippen molar-refractivity contribution in [2.75, 3.05) is 0 Å². The van der Waals surface area contributed by atoms with Gasteiger partial charge in [0.15, 0.2) is 0 Å². The lowest BCUT2D eigenvalue weighted by molar-refractivity contribution is 1.55. The standard InChI is InChI=1S/C13H16/c1-5-9-11-13(8-4)12(7-3)10-6-2/h5-11H,1,3-4H2,2H3/b10-6-,11-9-,13-12+. The summed E-state index contributed by atoms with van der Waals surface area (Å²) in [5.41, 5.74) is 2.11. The second-order valence-electron chi connectivity index (χ2n) is 2.41. The van der Waals surface area contributed by atoms with Gasteiger partial charge in [0, 0.05) is 0 Å². The van der Waals surface area contributed by atoms with Gasteiger partial charge in [-0.2, -0.15) is 0 Å². The molecule has 0 spiro atoms. The van der Waals surface area contributed by atoms with Crippen LogP contribution in [0.15, 0.2) is 73.4 Å². The van der Waals surface area contributed by atoms with Crippen LogP contribution in [0.25, 0.3) is 0 Å². The second-order valence-corrected chi connectivity index (χ2v) is 2.41. The maximum atomic E-state index is 3.74. The SMILES string of the molecule is C=C\C=C/C(C=C)=C(C=C)/C=C\C. The van der Waals surface area contributed by atoms with Gasteiger partial charge in [0.1, 0.15) is 0 Å². The Hall–Kier alpha value is -1.56. The van der Waals surface area contributed by atoms with E-state index in [1.165, 1.54) is 0 Å². The number of hydrogen-bond donors (Lipinski definition) is 0. The first-order valence-electron chi connectivity index (χ1n) is 4.21. The average Bonchev–Trinajstić information content (AvgIpc) is 2.17. The van der Waals surface area contributed by atoms with E-state index in [-0.39, 0.29) is 0 Å². The van der Waals surface area contributed by atoms with Gasteiger partial charge in [0.2, 0.25) is 0 Å². The minimum Gasteiger partial charge on any atom is -0.0991 e. The lowest BCUT2D eigenvalue weighted by Gasteiger charge is -1.98. The van der Waals surface area contributed by atoms with Crippen LogP contribution in [0, 0.1) is 0 Å². The summed E-state index contributed by atoms with van der Waals surface area (Å²) >= 11 is 0. The molecule has 13 heavy (non-hydrogen) atoms. The van der Waals surface area contributed by atoms with Crippen LogP contribution in [0.3, 0.4) is 0 Å². The predicted octanol–water partition coefficient (Wildman–Crippen LogP) is 3.97. The molecule has 0 aliphatic rings. The van der Waals surface area contributed by atoms with E-state index in [1.807, 2.05) is 37.3 Å². The molecule has 0 nitrogen and oxygen atoms in total. The van der Waals surface area contributed by atoms with Crippen LogP contribution < -0.4 is 0 Å². The Morgan fingerprint density at radius 3 is 1.85 bits per heavy atom. The van der Waals surface area contributed by atoms with E-state index in [0.29, 0.717) is 0 Å². The molecule has 0 aliphatic carbocycles. The molecule has 0 N–H and O–H groups in total. The molecule has 0 atom stereocenters. The van der Waals surface area contributed by atoms with E-state index in [1.54, 1.807) is 12.2 Å². The topological polar surface area (TPSA) is 0 Å². The van der Waals surface area contributed by atoms with Gasteiger partial charge in [-0.1, -0.05) is 62.3 Å². The van der Waals surface area contributed by atoms with Crippen molar-refractivity contribution in [3.8, 4) is 0 Å². The minimum absolute atomic E-state index is 1.05. The fourth-order valence-corrected chi connectivity index (χ4v) is 0.916. The summed E-state index contributed by atoms with van der Waals surface area (Å²) < 4.78 is 0. The molecule has 0 bridgehead atoms. The summed E-state index contributed by atoms with van der Waals surface area (Å²) in [6.07, 6.45) is 13.2. The van der Waals surface area contributed by atoms with Crippen LogP contribution in [0.4, 0.5) is 0 Å². The number of hydrogen-bond acceptors (Lipinski definition) is 0. The van der Waals surface area contributed by atoms with Crippen LogP contribution in [-0.2, 0) is 0 Å². The van der Waals surface area contributed by atoms with Crippen molar-refractivity contribution in [3.05, 3.63) is 73.4 Å². The van der Waals surface area contributed by atoms with Gasteiger partial charge in [-0.15, -0.1) is 0 Å². The Bertz CT molecular complexity index is 272. The van der Waals surface area contributed by atoms with Crippen molar-refractivity contribution in [1.82, 2.24) is 0 Å². The van der Waals surface area contributed by atoms with Crippen molar-refractivity contribution >= 4 is 0 Å². The summed E-state index contributed by atoms with van der Waals surface area (Å²) in [5, 5.41) is 0. The zero-order valence-corrected chi connectivity index (χ0v) is 8.16. The normalized spacial score (nSPS) is 13.0. The fourth-order valence-electron chi connectivity index (χ4n) is 0.916. The Labute approximate surface area is 81.0 Å². The van der Waals surface area contributed by atoms with Gasteiger partial charge in [0.05, 0.1) is 0 Å². The molecule has 0 fully saturated rings. The van der Waals surface area contributed by atoms with Gasteiger partial charge in [-0.3, -0.25) is 0 Å². The van der Waals surface area contributed by atoms with Gasteiger partial charge in [-0.25, -0.2) is 0 Å². The predicted molar refractivity (Wildman–Crippen MR) is 61.6 cm³/mol. The molecule has 0 aromatic heterocycles. The molecule has 0 radical (unpaired) electrons. The lowest BCUT2D eigenvalue weighted by Crippen LogP contribution is -1.78. The molecule has 0 heteroatoms. The summed E-state index contributed by atoms with van der Waals surface area (Å²) in [5.74, 6) is 0.